The first-order chi connectivity index (χ1) is 23.2. The van der Waals surface area contributed by atoms with Gasteiger partial charge in [-0.05, 0) is 156 Å². The molecule has 0 aliphatic carbocycles. The van der Waals surface area contributed by atoms with Gasteiger partial charge in [-0.2, -0.15) is 0 Å². The molecule has 0 aromatic heterocycles. The van der Waals surface area contributed by atoms with Crippen LogP contribution in [0.25, 0.3) is 0 Å². The van der Waals surface area contributed by atoms with Crippen LogP contribution in [0.2, 0.25) is 0 Å². The molecule has 6 heterocycles. The molecule has 0 spiro atoms. The summed E-state index contributed by atoms with van der Waals surface area (Å²) < 4.78 is 30.3. The Hall–Kier alpha value is -0.495. The average Bonchev–Trinajstić information content (AvgIpc) is 3.13. The van der Waals surface area contributed by atoms with Gasteiger partial charge in [0.1, 0.15) is 0 Å². The molecule has 0 unspecified atom stereocenters. The lowest BCUT2D eigenvalue weighted by Gasteiger charge is -2.08. The predicted octanol–water partition coefficient (Wildman–Crippen LogP) is 1.34. The van der Waals surface area contributed by atoms with Gasteiger partial charge in [0.15, 0.2) is 0 Å². The molecule has 0 radical (unpaired) electrons. The highest BCUT2D eigenvalue weighted by atomic mass is 19.1. The van der Waals surface area contributed by atoms with E-state index in [1.54, 1.807) is 0 Å². The maximum atomic E-state index is 10.1. The lowest BCUT2D eigenvalue weighted by molar-refractivity contribution is 0.338. The first kappa shape index (κ1) is 51.9. The quantitative estimate of drug-likeness (QED) is 0.163. The molecule has 6 fully saturated rings. The Labute approximate surface area is 291 Å². The summed E-state index contributed by atoms with van der Waals surface area (Å²) in [5.41, 5.74) is 0. The largest absolute Gasteiger partial charge is 0.674 e. The first-order valence-corrected chi connectivity index (χ1v) is 18.4. The van der Waals surface area contributed by atoms with Crippen LogP contribution in [0.15, 0.2) is 0 Å². The Morgan fingerprint density at radius 2 is 0.312 bits per heavy atom. The average molecular weight is 702 g/mol. The van der Waals surface area contributed by atoms with Gasteiger partial charge in [0.05, 0.1) is 0 Å². The molecule has 6 aliphatic rings. The number of piperidine rings is 6. The Bertz CT molecular complexity index is 360. The van der Waals surface area contributed by atoms with Gasteiger partial charge in [-0.25, -0.2) is 0 Å². The van der Waals surface area contributed by atoms with Crippen LogP contribution in [0.3, 0.4) is 0 Å². The van der Waals surface area contributed by atoms with Crippen molar-refractivity contribution in [3.63, 3.8) is 0 Å². The van der Waals surface area contributed by atoms with E-state index in [1.807, 2.05) is 0 Å². The van der Waals surface area contributed by atoms with E-state index in [0.29, 0.717) is 0 Å². The molecule has 18 heteroatoms. The van der Waals surface area contributed by atoms with Crippen molar-refractivity contribution in [3.05, 3.63) is 0 Å². The van der Waals surface area contributed by atoms with Crippen LogP contribution in [0, 0.1) is 0 Å². The fraction of sp³-hybridized carbons (Fsp3) is 1.00. The van der Waals surface area contributed by atoms with Gasteiger partial charge in [-0.15, -0.1) is 0 Å². The van der Waals surface area contributed by atoms with Gasteiger partial charge in [0.2, 0.25) is 0 Å². The first-order valence-electron chi connectivity index (χ1n) is 18.4. The van der Waals surface area contributed by atoms with Crippen LogP contribution < -0.4 is 31.9 Å². The van der Waals surface area contributed by atoms with Gasteiger partial charge < -0.3 is 62.0 Å². The van der Waals surface area contributed by atoms with E-state index in [9.17, 15) is 12.9 Å². The maximum absolute atomic E-state index is 10.1. The van der Waals surface area contributed by atoms with E-state index < -0.39 is 22.2 Å². The SMILES string of the molecule is C1CCNCC1.C1CCNCC1.C1CCNCC1.C1CCNCC1.C1CCNCC1.C1CCNCC1.OB(O)F.OB(O)F.OB(O)F. The van der Waals surface area contributed by atoms with Crippen LogP contribution in [-0.2, 0) is 0 Å². The standard InChI is InChI=1S/6C5H11N.3BFH2O2/c6*1-2-4-6-5-3-1;3*2-1(3)4/h6*6H,1-5H2;3*3-4H. The lowest BCUT2D eigenvalue weighted by Crippen LogP contribution is -2.21. The Morgan fingerprint density at radius 3 is 0.333 bits per heavy atom. The summed E-state index contributed by atoms with van der Waals surface area (Å²) in [4.78, 5) is 0. The van der Waals surface area contributed by atoms with E-state index in [2.05, 4.69) is 31.9 Å². The molecule has 48 heavy (non-hydrogen) atoms. The van der Waals surface area contributed by atoms with Gasteiger partial charge in [0, 0.05) is 0 Å². The Balaban J connectivity index is -0.000000478. The zero-order chi connectivity index (χ0) is 36.2. The summed E-state index contributed by atoms with van der Waals surface area (Å²) in [5, 5.41) is 61.4. The van der Waals surface area contributed by atoms with Crippen LogP contribution in [0.1, 0.15) is 116 Å². The minimum atomic E-state index is -2.67. The Kier molecular flexibility index (Phi) is 52.5. The molecule has 6 aliphatic heterocycles. The molecule has 0 saturated carbocycles. The molecular formula is C30H72B3F3N6O6. The summed E-state index contributed by atoms with van der Waals surface area (Å²) in [5.74, 6) is 0. The van der Waals surface area contributed by atoms with Crippen LogP contribution in [0.4, 0.5) is 12.9 Å². The number of rotatable bonds is 0. The van der Waals surface area contributed by atoms with Crippen molar-refractivity contribution in [2.45, 2.75) is 116 Å². The highest BCUT2D eigenvalue weighted by Gasteiger charge is 1.99. The van der Waals surface area contributed by atoms with Crippen molar-refractivity contribution in [2.75, 3.05) is 78.5 Å². The normalized spacial score (nSPS) is 19.7. The maximum Gasteiger partial charge on any atom is 0.674 e. The topological polar surface area (TPSA) is 194 Å². The summed E-state index contributed by atoms with van der Waals surface area (Å²) >= 11 is 0. The number of nitrogens with one attached hydrogen (secondary N) is 6. The summed E-state index contributed by atoms with van der Waals surface area (Å²) in [6.07, 6.45) is 25.3. The minimum absolute atomic E-state index is 1.25. The minimum Gasteiger partial charge on any atom is -0.398 e. The monoisotopic (exact) mass is 703 g/mol. The van der Waals surface area contributed by atoms with Crippen molar-refractivity contribution in [1.82, 2.24) is 31.9 Å². The van der Waals surface area contributed by atoms with Crippen molar-refractivity contribution >= 4 is 22.2 Å². The molecule has 12 N–H and O–H groups in total. The van der Waals surface area contributed by atoms with E-state index >= 15 is 0 Å². The molecule has 0 amide bonds. The van der Waals surface area contributed by atoms with Crippen molar-refractivity contribution in [1.29, 1.82) is 0 Å². The van der Waals surface area contributed by atoms with Crippen molar-refractivity contribution in [3.8, 4) is 0 Å². The van der Waals surface area contributed by atoms with Crippen molar-refractivity contribution < 1.29 is 43.1 Å². The molecule has 12 nitrogen and oxygen atoms in total. The third-order valence-corrected chi connectivity index (χ3v) is 7.24. The summed E-state index contributed by atoms with van der Waals surface area (Å²) in [7, 11) is -8.00. The highest BCUT2D eigenvalue weighted by Crippen LogP contribution is 1.99. The summed E-state index contributed by atoms with van der Waals surface area (Å²) in [6, 6.07) is 0. The van der Waals surface area contributed by atoms with Gasteiger partial charge in [-0.3, -0.25) is 12.9 Å². The van der Waals surface area contributed by atoms with E-state index in [4.69, 9.17) is 30.1 Å². The fourth-order valence-corrected chi connectivity index (χ4v) is 4.81. The number of hydrogen-bond acceptors (Lipinski definition) is 12. The molecule has 0 atom stereocenters. The number of halogens is 3. The van der Waals surface area contributed by atoms with Crippen LogP contribution in [-0.4, -0.2) is 131 Å². The van der Waals surface area contributed by atoms with Crippen LogP contribution in [0.5, 0.6) is 0 Å². The van der Waals surface area contributed by atoms with E-state index in [0.717, 1.165) is 0 Å². The second-order valence-electron chi connectivity index (χ2n) is 11.8. The zero-order valence-corrected chi connectivity index (χ0v) is 29.8. The second kappa shape index (κ2) is 48.6. The van der Waals surface area contributed by atoms with Crippen molar-refractivity contribution in [2.24, 2.45) is 0 Å². The van der Waals surface area contributed by atoms with Gasteiger partial charge >= 0.3 is 22.2 Å². The molecular weight excluding hydrogens is 630 g/mol. The summed E-state index contributed by atoms with van der Waals surface area (Å²) in [6.45, 7) is 15.0. The second-order valence-corrected chi connectivity index (χ2v) is 11.8. The van der Waals surface area contributed by atoms with E-state index in [1.165, 1.54) is 194 Å². The van der Waals surface area contributed by atoms with E-state index in [-0.39, 0.29) is 0 Å². The van der Waals surface area contributed by atoms with Gasteiger partial charge in [0.25, 0.3) is 0 Å². The highest BCUT2D eigenvalue weighted by molar-refractivity contribution is 6.32. The third kappa shape index (κ3) is 71.5. The molecule has 0 aromatic rings. The smallest absolute Gasteiger partial charge is 0.398 e. The number of hydrogen-bond donors (Lipinski definition) is 12. The molecule has 0 aromatic carbocycles. The van der Waals surface area contributed by atoms with Gasteiger partial charge in [-0.1, -0.05) is 38.5 Å². The lowest BCUT2D eigenvalue weighted by atomic mass is 10.2. The molecule has 6 rings (SSSR count). The zero-order valence-electron chi connectivity index (χ0n) is 29.8. The van der Waals surface area contributed by atoms with Crippen LogP contribution >= 0.6 is 0 Å². The fourth-order valence-electron chi connectivity index (χ4n) is 4.81. The molecule has 0 bridgehead atoms. The molecule has 6 saturated heterocycles. The Morgan fingerprint density at radius 1 is 0.229 bits per heavy atom. The predicted molar refractivity (Wildman–Crippen MR) is 194 cm³/mol. The molecule has 288 valence electrons. The third-order valence-electron chi connectivity index (χ3n) is 7.24.